The summed E-state index contributed by atoms with van der Waals surface area (Å²) in [5, 5.41) is 4.82. The Bertz CT molecular complexity index is 1130. The molecule has 1 amide bonds. The van der Waals surface area contributed by atoms with Crippen LogP contribution >= 0.6 is 11.8 Å². The van der Waals surface area contributed by atoms with Gasteiger partial charge in [-0.3, -0.25) is 4.79 Å². The zero-order chi connectivity index (χ0) is 24.0. The zero-order valence-corrected chi connectivity index (χ0v) is 18.8. The van der Waals surface area contributed by atoms with E-state index >= 15 is 0 Å². The highest BCUT2D eigenvalue weighted by Crippen LogP contribution is 2.35. The molecule has 0 spiro atoms. The molecule has 3 rings (SSSR count). The van der Waals surface area contributed by atoms with Gasteiger partial charge in [-0.15, -0.1) is 11.8 Å². The van der Waals surface area contributed by atoms with E-state index in [4.69, 9.17) is 5.73 Å². The van der Waals surface area contributed by atoms with E-state index in [9.17, 15) is 18.0 Å². The third-order valence-electron chi connectivity index (χ3n) is 4.67. The largest absolute Gasteiger partial charge is 0.418 e. The van der Waals surface area contributed by atoms with Gasteiger partial charge in [0.1, 0.15) is 5.82 Å². The summed E-state index contributed by atoms with van der Waals surface area (Å²) < 4.78 is 39.5. The van der Waals surface area contributed by atoms with Crippen LogP contribution in [0.15, 0.2) is 48.5 Å². The Kier molecular flexibility index (Phi) is 7.75. The van der Waals surface area contributed by atoms with Crippen molar-refractivity contribution in [2.24, 2.45) is 0 Å². The monoisotopic (exact) mass is 476 g/mol. The number of carbonyl (C=O) groups is 1. The number of rotatable bonds is 8. The van der Waals surface area contributed by atoms with Gasteiger partial charge in [0, 0.05) is 5.69 Å². The molecule has 3 aromatic rings. The summed E-state index contributed by atoms with van der Waals surface area (Å²) in [6.07, 6.45) is -3.75. The van der Waals surface area contributed by atoms with Crippen LogP contribution in [0, 0.1) is 0 Å². The third-order valence-corrected chi connectivity index (χ3v) is 5.80. The predicted octanol–water partition coefficient (Wildman–Crippen LogP) is 5.04. The summed E-state index contributed by atoms with van der Waals surface area (Å²) in [6, 6.07) is 12.6. The Labute approximate surface area is 193 Å². The molecule has 33 heavy (non-hydrogen) atoms. The fourth-order valence-corrected chi connectivity index (χ4v) is 3.72. The van der Waals surface area contributed by atoms with E-state index in [2.05, 4.69) is 25.6 Å². The van der Waals surface area contributed by atoms with Crippen molar-refractivity contribution in [1.29, 1.82) is 0 Å². The van der Waals surface area contributed by atoms with Crippen LogP contribution in [-0.2, 0) is 23.1 Å². The Morgan fingerprint density at radius 2 is 1.73 bits per heavy atom. The molecule has 0 unspecified atom stereocenters. The molecule has 2 aromatic carbocycles. The van der Waals surface area contributed by atoms with Crippen LogP contribution in [0.4, 0.5) is 36.4 Å². The number of alkyl halides is 3. The van der Waals surface area contributed by atoms with E-state index < -0.39 is 22.9 Å². The topological polar surface area (TPSA) is 106 Å². The Morgan fingerprint density at radius 3 is 2.42 bits per heavy atom. The predicted molar refractivity (Wildman–Crippen MR) is 124 cm³/mol. The van der Waals surface area contributed by atoms with Crippen LogP contribution in [-0.4, -0.2) is 26.1 Å². The van der Waals surface area contributed by atoms with Gasteiger partial charge in [0.05, 0.1) is 22.3 Å². The summed E-state index contributed by atoms with van der Waals surface area (Å²) in [4.78, 5) is 25.0. The first-order valence-corrected chi connectivity index (χ1v) is 11.2. The quantitative estimate of drug-likeness (QED) is 0.418. The van der Waals surface area contributed by atoms with Gasteiger partial charge in [0.15, 0.2) is 0 Å². The Hall–Kier alpha value is -3.34. The molecule has 1 heterocycles. The van der Waals surface area contributed by atoms with E-state index in [0.717, 1.165) is 23.7 Å². The summed E-state index contributed by atoms with van der Waals surface area (Å²) in [5.41, 5.74) is 6.56. The number of hydrogen-bond acceptors (Lipinski definition) is 7. The molecule has 0 aliphatic heterocycles. The van der Waals surface area contributed by atoms with Gasteiger partial charge in [0.25, 0.3) is 0 Å². The lowest BCUT2D eigenvalue weighted by Crippen LogP contribution is -2.24. The molecule has 4 N–H and O–H groups in total. The number of anilines is 4. The van der Waals surface area contributed by atoms with Gasteiger partial charge < -0.3 is 16.4 Å². The van der Waals surface area contributed by atoms with Crippen molar-refractivity contribution < 1.29 is 18.0 Å². The van der Waals surface area contributed by atoms with Crippen molar-refractivity contribution in [3.63, 3.8) is 0 Å². The van der Waals surface area contributed by atoms with Crippen molar-refractivity contribution in [3.05, 3.63) is 65.5 Å². The first kappa shape index (κ1) is 24.3. The van der Waals surface area contributed by atoms with Crippen LogP contribution in [0.2, 0.25) is 0 Å². The Morgan fingerprint density at radius 1 is 1.06 bits per heavy atom. The summed E-state index contributed by atoms with van der Waals surface area (Å²) in [6.45, 7) is 3.63. The van der Waals surface area contributed by atoms with Crippen LogP contribution in [0.5, 0.6) is 0 Å². The number of halogens is 3. The fourth-order valence-electron chi connectivity index (χ4n) is 2.98. The molecule has 1 atom stereocenters. The second-order valence-corrected chi connectivity index (χ2v) is 8.38. The minimum atomic E-state index is -4.57. The third kappa shape index (κ3) is 6.58. The molecule has 0 aliphatic rings. The molecule has 0 saturated heterocycles. The number of nitrogens with two attached hydrogens (primary N) is 1. The first-order valence-electron chi connectivity index (χ1n) is 10.1. The van der Waals surface area contributed by atoms with Crippen molar-refractivity contribution >= 4 is 40.9 Å². The minimum absolute atomic E-state index is 0.0216. The second kappa shape index (κ2) is 10.5. The lowest BCUT2D eigenvalue weighted by atomic mass is 10.1. The second-order valence-electron chi connectivity index (χ2n) is 7.05. The number of nitrogens with zero attached hydrogens (tertiary/aromatic N) is 3. The average molecular weight is 477 g/mol. The van der Waals surface area contributed by atoms with Crippen molar-refractivity contribution in [1.82, 2.24) is 15.0 Å². The van der Waals surface area contributed by atoms with E-state index in [1.165, 1.54) is 30.0 Å². The van der Waals surface area contributed by atoms with Crippen LogP contribution in [0.1, 0.15) is 30.8 Å². The van der Waals surface area contributed by atoms with Crippen molar-refractivity contribution in [3.8, 4) is 0 Å². The number of thioether (sulfide) groups is 1. The maximum Gasteiger partial charge on any atom is 0.418 e. The van der Waals surface area contributed by atoms with Crippen molar-refractivity contribution in [2.75, 3.05) is 16.4 Å². The van der Waals surface area contributed by atoms with Gasteiger partial charge in [0.2, 0.25) is 17.8 Å². The molecule has 0 saturated carbocycles. The molecular weight excluding hydrogens is 453 g/mol. The molecule has 0 fully saturated rings. The van der Waals surface area contributed by atoms with E-state index in [1.54, 1.807) is 6.92 Å². The standard InChI is InChI=1S/C22H23F3N6OS/c1-3-14-8-4-6-10-16(14)28-21-30-18(29-20(26)31-21)12-33-13(2)19(32)27-17-11-7-5-9-15(17)22(23,24)25/h4-11,13H,3,12H2,1-2H3,(H,27,32)(H3,26,28,29,30,31)/t13-/m1/s1. The number of aryl methyl sites for hydroxylation is 1. The average Bonchev–Trinajstić information content (AvgIpc) is 2.77. The number of hydrogen-bond donors (Lipinski definition) is 3. The van der Waals surface area contributed by atoms with Gasteiger partial charge >= 0.3 is 6.18 Å². The lowest BCUT2D eigenvalue weighted by Gasteiger charge is -2.16. The summed E-state index contributed by atoms with van der Waals surface area (Å²) in [7, 11) is 0. The van der Waals surface area contributed by atoms with Gasteiger partial charge in [-0.05, 0) is 37.1 Å². The fraction of sp³-hybridized carbons (Fsp3) is 0.273. The Balaban J connectivity index is 1.66. The van der Waals surface area contributed by atoms with Crippen LogP contribution < -0.4 is 16.4 Å². The van der Waals surface area contributed by atoms with Gasteiger partial charge in [-0.25, -0.2) is 0 Å². The number of para-hydroxylation sites is 2. The number of carbonyl (C=O) groups excluding carboxylic acids is 1. The molecular formula is C22H23F3N6OS. The lowest BCUT2D eigenvalue weighted by molar-refractivity contribution is -0.137. The summed E-state index contributed by atoms with van der Waals surface area (Å²) in [5.74, 6) is 0.295. The SMILES string of the molecule is CCc1ccccc1Nc1nc(N)nc(CS[C@H](C)C(=O)Nc2ccccc2C(F)(F)F)n1. The number of nitrogens with one attached hydrogen (secondary N) is 2. The van der Waals surface area contributed by atoms with E-state index in [1.807, 2.05) is 31.2 Å². The van der Waals surface area contributed by atoms with Crippen LogP contribution in [0.25, 0.3) is 0 Å². The maximum atomic E-state index is 13.2. The van der Waals surface area contributed by atoms with Crippen molar-refractivity contribution in [2.45, 2.75) is 37.4 Å². The first-order chi connectivity index (χ1) is 15.7. The van der Waals surface area contributed by atoms with Gasteiger partial charge in [-0.1, -0.05) is 37.3 Å². The summed E-state index contributed by atoms with van der Waals surface area (Å²) >= 11 is 1.17. The van der Waals surface area contributed by atoms with Crippen LogP contribution in [0.3, 0.4) is 0 Å². The maximum absolute atomic E-state index is 13.2. The number of benzene rings is 2. The number of amides is 1. The normalized spacial score (nSPS) is 12.3. The highest BCUT2D eigenvalue weighted by molar-refractivity contribution is 7.99. The molecule has 7 nitrogen and oxygen atoms in total. The molecule has 11 heteroatoms. The van der Waals surface area contributed by atoms with E-state index in [0.29, 0.717) is 5.82 Å². The zero-order valence-electron chi connectivity index (χ0n) is 18.0. The molecule has 0 bridgehead atoms. The van der Waals surface area contributed by atoms with E-state index in [-0.39, 0.29) is 23.3 Å². The molecule has 0 radical (unpaired) electrons. The highest BCUT2D eigenvalue weighted by atomic mass is 32.2. The number of aromatic nitrogens is 3. The minimum Gasteiger partial charge on any atom is -0.368 e. The molecule has 0 aliphatic carbocycles. The highest BCUT2D eigenvalue weighted by Gasteiger charge is 2.33. The van der Waals surface area contributed by atoms with Gasteiger partial charge in [-0.2, -0.15) is 28.1 Å². The molecule has 1 aromatic heterocycles. The smallest absolute Gasteiger partial charge is 0.368 e. The molecule has 174 valence electrons. The number of nitrogen functional groups attached to an aromatic ring is 1.